The van der Waals surface area contributed by atoms with Crippen molar-refractivity contribution in [2.24, 2.45) is 4.99 Å². The van der Waals surface area contributed by atoms with Crippen LogP contribution in [-0.4, -0.2) is 38.3 Å². The second kappa shape index (κ2) is 6.87. The Morgan fingerprint density at radius 2 is 1.86 bits per heavy atom. The van der Waals surface area contributed by atoms with E-state index in [0.717, 1.165) is 27.9 Å². The van der Waals surface area contributed by atoms with Gasteiger partial charge >= 0.3 is 0 Å². The quantitative estimate of drug-likeness (QED) is 0.502. The lowest BCUT2D eigenvalue weighted by Crippen LogP contribution is -2.21. The van der Waals surface area contributed by atoms with Gasteiger partial charge in [0.2, 0.25) is 0 Å². The van der Waals surface area contributed by atoms with E-state index in [1.807, 2.05) is 61.5 Å². The highest BCUT2D eigenvalue weighted by Gasteiger charge is 2.26. The van der Waals surface area contributed by atoms with Crippen LogP contribution in [0, 0.1) is 0 Å². The summed E-state index contributed by atoms with van der Waals surface area (Å²) in [6.07, 6.45) is 1.66. The van der Waals surface area contributed by atoms with Gasteiger partial charge in [-0.2, -0.15) is 5.10 Å². The van der Waals surface area contributed by atoms with Crippen LogP contribution in [0.25, 0.3) is 22.6 Å². The molecular weight excluding hydrogens is 364 g/mol. The van der Waals surface area contributed by atoms with Crippen LogP contribution in [0.5, 0.6) is 0 Å². The third-order valence-electron chi connectivity index (χ3n) is 4.91. The molecule has 142 valence electrons. The summed E-state index contributed by atoms with van der Waals surface area (Å²) in [6.45, 7) is 2.46. The van der Waals surface area contributed by atoms with E-state index < -0.39 is 0 Å². The Hall–Kier alpha value is -4.00. The zero-order chi connectivity index (χ0) is 19.8. The highest BCUT2D eigenvalue weighted by Crippen LogP contribution is 2.27. The topological polar surface area (TPSA) is 98.8 Å². The minimum Gasteiger partial charge on any atom is -0.337 e. The van der Waals surface area contributed by atoms with E-state index in [2.05, 4.69) is 30.5 Å². The average molecular weight is 382 g/mol. The van der Waals surface area contributed by atoms with Crippen molar-refractivity contribution in [2.75, 3.05) is 11.9 Å². The molecule has 0 spiro atoms. The number of H-pyrrole nitrogens is 2. The number of anilines is 1. The number of rotatable bonds is 4. The van der Waals surface area contributed by atoms with Gasteiger partial charge in [-0.3, -0.25) is 14.9 Å². The van der Waals surface area contributed by atoms with Crippen molar-refractivity contribution in [1.82, 2.24) is 20.2 Å². The van der Waals surface area contributed by atoms with Crippen molar-refractivity contribution < 1.29 is 4.79 Å². The van der Waals surface area contributed by atoms with Gasteiger partial charge in [-0.25, -0.2) is 4.98 Å². The number of carbonyl (C=O) groups excluding carboxylic acids is 1. The van der Waals surface area contributed by atoms with Crippen molar-refractivity contribution in [3.63, 3.8) is 0 Å². The highest BCUT2D eigenvalue weighted by atomic mass is 16.1. The standard InChI is InChI=1S/C22H18N6O/c1-13-11-23-19(14-7-3-2-4-8-14)18(13)22(29)27-17-12-24-28-20(17)21-25-15-9-5-6-10-16(15)26-21/h2-10,12H,11H2,1H3,(H,24,28)(H,25,26)(H,27,29). The number of imidazole rings is 1. The molecule has 3 heterocycles. The molecule has 0 aliphatic carbocycles. The molecule has 4 aromatic rings. The third-order valence-corrected chi connectivity index (χ3v) is 4.91. The first-order valence-electron chi connectivity index (χ1n) is 9.31. The second-order valence-corrected chi connectivity index (χ2v) is 6.89. The summed E-state index contributed by atoms with van der Waals surface area (Å²) >= 11 is 0. The van der Waals surface area contributed by atoms with Crippen LogP contribution in [0.2, 0.25) is 0 Å². The first kappa shape index (κ1) is 17.1. The fourth-order valence-corrected chi connectivity index (χ4v) is 3.51. The summed E-state index contributed by atoms with van der Waals surface area (Å²) < 4.78 is 0. The van der Waals surface area contributed by atoms with E-state index in [4.69, 9.17) is 0 Å². The molecule has 7 heteroatoms. The van der Waals surface area contributed by atoms with E-state index in [-0.39, 0.29) is 5.91 Å². The second-order valence-electron chi connectivity index (χ2n) is 6.89. The van der Waals surface area contributed by atoms with Crippen LogP contribution in [0.1, 0.15) is 12.5 Å². The molecule has 7 nitrogen and oxygen atoms in total. The number of aliphatic imine (C=N–C) groups is 1. The van der Waals surface area contributed by atoms with Crippen molar-refractivity contribution in [2.45, 2.75) is 6.92 Å². The fourth-order valence-electron chi connectivity index (χ4n) is 3.51. The van der Waals surface area contributed by atoms with Gasteiger partial charge in [0.05, 0.1) is 34.6 Å². The maximum absolute atomic E-state index is 13.1. The van der Waals surface area contributed by atoms with Gasteiger partial charge in [-0.1, -0.05) is 42.5 Å². The zero-order valence-corrected chi connectivity index (χ0v) is 15.7. The molecule has 2 aromatic heterocycles. The van der Waals surface area contributed by atoms with Crippen LogP contribution < -0.4 is 5.32 Å². The molecule has 0 radical (unpaired) electrons. The minimum absolute atomic E-state index is 0.207. The summed E-state index contributed by atoms with van der Waals surface area (Å²) in [5.74, 6) is 0.387. The number of aromatic amines is 2. The molecular formula is C22H18N6O. The number of benzene rings is 2. The number of para-hydroxylation sites is 2. The molecule has 5 rings (SSSR count). The largest absolute Gasteiger partial charge is 0.337 e. The van der Waals surface area contributed by atoms with Crippen LogP contribution in [0.3, 0.4) is 0 Å². The Morgan fingerprint density at radius 3 is 2.69 bits per heavy atom. The van der Waals surface area contributed by atoms with Gasteiger partial charge in [0.1, 0.15) is 0 Å². The molecule has 0 saturated heterocycles. The predicted molar refractivity (Wildman–Crippen MR) is 113 cm³/mol. The Balaban J connectivity index is 1.46. The van der Waals surface area contributed by atoms with E-state index in [1.54, 1.807) is 6.20 Å². The van der Waals surface area contributed by atoms with Gasteiger partial charge in [-0.15, -0.1) is 0 Å². The van der Waals surface area contributed by atoms with E-state index in [1.165, 1.54) is 0 Å². The first-order valence-corrected chi connectivity index (χ1v) is 9.31. The summed E-state index contributed by atoms with van der Waals surface area (Å²) in [5, 5.41) is 10.1. The molecule has 3 N–H and O–H groups in total. The number of nitrogens with zero attached hydrogens (tertiary/aromatic N) is 3. The van der Waals surface area contributed by atoms with E-state index >= 15 is 0 Å². The zero-order valence-electron chi connectivity index (χ0n) is 15.7. The fraction of sp³-hybridized carbons (Fsp3) is 0.0909. The molecule has 1 amide bonds. The smallest absolute Gasteiger partial charge is 0.257 e. The third kappa shape index (κ3) is 3.02. The van der Waals surface area contributed by atoms with Crippen LogP contribution in [0.4, 0.5) is 5.69 Å². The van der Waals surface area contributed by atoms with Gasteiger partial charge < -0.3 is 10.3 Å². The number of hydrogen-bond donors (Lipinski definition) is 3. The Labute approximate surface area is 166 Å². The minimum atomic E-state index is -0.207. The summed E-state index contributed by atoms with van der Waals surface area (Å²) in [6, 6.07) is 17.5. The number of aromatic nitrogens is 4. The molecule has 0 bridgehead atoms. The number of nitrogens with one attached hydrogen (secondary N) is 3. The average Bonchev–Trinajstić information content (AvgIpc) is 3.46. The molecule has 1 aliphatic rings. The lowest BCUT2D eigenvalue weighted by molar-refractivity contribution is -0.112. The molecule has 1 aliphatic heterocycles. The summed E-state index contributed by atoms with van der Waals surface area (Å²) in [4.78, 5) is 25.5. The number of hydrogen-bond acceptors (Lipinski definition) is 4. The first-order chi connectivity index (χ1) is 14.2. The molecule has 0 fully saturated rings. The number of fused-ring (bicyclic) bond motifs is 1. The Kier molecular flexibility index (Phi) is 4.05. The molecule has 29 heavy (non-hydrogen) atoms. The van der Waals surface area contributed by atoms with Gasteiger partial charge in [0, 0.05) is 11.8 Å². The van der Waals surface area contributed by atoms with Crippen LogP contribution in [0.15, 0.2) is 76.9 Å². The Bertz CT molecular complexity index is 1250. The molecule has 2 aromatic carbocycles. The van der Waals surface area contributed by atoms with Gasteiger partial charge in [0.25, 0.3) is 5.91 Å². The van der Waals surface area contributed by atoms with Crippen LogP contribution in [-0.2, 0) is 4.79 Å². The van der Waals surface area contributed by atoms with E-state index in [0.29, 0.717) is 29.3 Å². The van der Waals surface area contributed by atoms with Crippen molar-refractivity contribution in [1.29, 1.82) is 0 Å². The number of carbonyl (C=O) groups is 1. The van der Waals surface area contributed by atoms with Gasteiger partial charge in [-0.05, 0) is 24.6 Å². The van der Waals surface area contributed by atoms with Crippen molar-refractivity contribution >= 4 is 28.3 Å². The molecule has 0 saturated carbocycles. The molecule has 0 unspecified atom stereocenters. The predicted octanol–water partition coefficient (Wildman–Crippen LogP) is 3.71. The SMILES string of the molecule is CC1=C(C(=O)Nc2c[nH]nc2-c2nc3ccccc3[nH]2)C(c2ccccc2)=NC1. The van der Waals surface area contributed by atoms with Crippen molar-refractivity contribution in [3.05, 3.63) is 77.5 Å². The highest BCUT2D eigenvalue weighted by molar-refractivity contribution is 6.32. The van der Waals surface area contributed by atoms with Crippen molar-refractivity contribution in [3.8, 4) is 11.5 Å². The Morgan fingerprint density at radius 1 is 1.07 bits per heavy atom. The lowest BCUT2D eigenvalue weighted by atomic mass is 10.00. The van der Waals surface area contributed by atoms with Gasteiger partial charge in [0.15, 0.2) is 11.5 Å². The molecule has 0 atom stereocenters. The maximum atomic E-state index is 13.1. The number of amides is 1. The summed E-state index contributed by atoms with van der Waals surface area (Å²) in [7, 11) is 0. The normalized spacial score (nSPS) is 13.8. The maximum Gasteiger partial charge on any atom is 0.257 e. The lowest BCUT2D eigenvalue weighted by Gasteiger charge is -2.09. The van der Waals surface area contributed by atoms with E-state index in [9.17, 15) is 4.79 Å². The van der Waals surface area contributed by atoms with Crippen LogP contribution >= 0.6 is 0 Å². The summed E-state index contributed by atoms with van der Waals surface area (Å²) in [5.41, 5.74) is 6.07. The monoisotopic (exact) mass is 382 g/mol.